The maximum atomic E-state index is 6.68. The maximum absolute atomic E-state index is 6.68. The van der Waals surface area contributed by atoms with Crippen LogP contribution >= 0.6 is 0 Å². The molecule has 0 aliphatic carbocycles. The summed E-state index contributed by atoms with van der Waals surface area (Å²) in [6, 6.07) is 68.2. The molecule has 0 aliphatic rings. The topological polar surface area (TPSA) is 30.9 Å². The van der Waals surface area contributed by atoms with E-state index in [0.717, 1.165) is 111 Å². The van der Waals surface area contributed by atoms with E-state index >= 15 is 0 Å². The lowest BCUT2D eigenvalue weighted by Crippen LogP contribution is -2.17. The van der Waals surface area contributed by atoms with E-state index in [0.29, 0.717) is 18.4 Å². The van der Waals surface area contributed by atoms with Crippen LogP contribution in [0.25, 0.3) is 24.3 Å². The first kappa shape index (κ1) is 66.3. The van der Waals surface area contributed by atoms with Crippen LogP contribution < -0.4 is 19.1 Å². The summed E-state index contributed by atoms with van der Waals surface area (Å²) in [7, 11) is 1.74. The van der Waals surface area contributed by atoms with Crippen LogP contribution in [-0.2, 0) is 10.8 Å². The summed E-state index contributed by atoms with van der Waals surface area (Å²) < 4.78 is 19.1. The SMILES string of the molecule is CCCCC(CC)COc1ccc(N(c2ccc(C#Cc3ccc(C=Cc4cc(OCCC(C)CCCC(C)C)c(C=CC(C)(CC)c5ccccc5)cc4OC)cc3)cc2)c2ccc(C#Cc3ccc(C(C)(C=Cc4ccccc4)CC)cc3)cc2)cc1. The van der Waals surface area contributed by atoms with Crippen LogP contribution in [0.4, 0.5) is 17.1 Å². The van der Waals surface area contributed by atoms with Gasteiger partial charge in [-0.1, -0.05) is 246 Å². The summed E-state index contributed by atoms with van der Waals surface area (Å²) >= 11 is 0. The van der Waals surface area contributed by atoms with Gasteiger partial charge in [-0.15, -0.1) is 0 Å². The van der Waals surface area contributed by atoms with Crippen molar-refractivity contribution in [1.82, 2.24) is 0 Å². The van der Waals surface area contributed by atoms with Gasteiger partial charge < -0.3 is 19.1 Å². The third-order valence-electron chi connectivity index (χ3n) is 17.7. The van der Waals surface area contributed by atoms with Crippen molar-refractivity contribution in [2.24, 2.45) is 17.8 Å². The summed E-state index contributed by atoms with van der Waals surface area (Å²) in [6.45, 7) is 22.0. The van der Waals surface area contributed by atoms with E-state index in [9.17, 15) is 0 Å². The second-order valence-corrected chi connectivity index (χ2v) is 24.9. The number of benzene rings is 8. The first-order valence-electron chi connectivity index (χ1n) is 32.8. The molecule has 458 valence electrons. The molecule has 0 bridgehead atoms. The number of methoxy groups -OCH3 is 1. The highest BCUT2D eigenvalue weighted by molar-refractivity contribution is 5.78. The first-order chi connectivity index (χ1) is 43.3. The summed E-state index contributed by atoms with van der Waals surface area (Å²) in [6.07, 6.45) is 24.8. The molecule has 0 radical (unpaired) electrons. The molecule has 0 amide bonds. The van der Waals surface area contributed by atoms with E-state index in [1.54, 1.807) is 7.11 Å². The van der Waals surface area contributed by atoms with Crippen molar-refractivity contribution in [3.05, 3.63) is 262 Å². The predicted octanol–water partition coefficient (Wildman–Crippen LogP) is 22.7. The number of anilines is 3. The molecule has 0 saturated heterocycles. The molecule has 0 aliphatic heterocycles. The molecular weight excluding hydrogens is 1080 g/mol. The molecule has 0 fully saturated rings. The highest BCUT2D eigenvalue weighted by Crippen LogP contribution is 2.38. The third-order valence-corrected chi connectivity index (χ3v) is 17.7. The number of hydrogen-bond donors (Lipinski definition) is 0. The van der Waals surface area contributed by atoms with Gasteiger partial charge in [0.05, 0.1) is 20.3 Å². The Bertz CT molecular complexity index is 3650. The minimum atomic E-state index is -0.128. The van der Waals surface area contributed by atoms with Crippen molar-refractivity contribution in [2.45, 2.75) is 137 Å². The van der Waals surface area contributed by atoms with Crippen LogP contribution in [0.1, 0.15) is 182 Å². The molecule has 0 aromatic heterocycles. The fourth-order valence-corrected chi connectivity index (χ4v) is 11.0. The fourth-order valence-electron chi connectivity index (χ4n) is 11.0. The standard InChI is InChI=1S/C85H95NO3/c1-11-15-25-67(12-2)64-89-81-54-52-80(53-55-81)86(79-50-43-73(44-51-79)37-35-71-39-46-77(47-40-71)84(8,13-3)59-56-68-26-18-16-19-27-68)78-48-41-72(42-49-78)36-32-69-30-33-70(34-31-69)38-45-74-63-83(88-61-58-66(7)24-22-23-65(5)6)75(62-82(74)87-10)57-60-85(9,14-4)76-28-20-17-21-29-76/h16-21,26-31,33-34,38-57,59-60,62-63,65-67H,11-15,22-25,58,61,64H2,1-10H3. The number of unbranched alkanes of at least 4 members (excludes halogenated alkanes) is 1. The quantitative estimate of drug-likeness (QED) is 0.0345. The van der Waals surface area contributed by atoms with Crippen molar-refractivity contribution in [3.8, 4) is 40.9 Å². The minimum absolute atomic E-state index is 0.0803. The Kier molecular flexibility index (Phi) is 25.0. The summed E-state index contributed by atoms with van der Waals surface area (Å²) in [5.41, 5.74) is 13.5. The van der Waals surface area contributed by atoms with Gasteiger partial charge in [0.25, 0.3) is 0 Å². The van der Waals surface area contributed by atoms with Gasteiger partial charge in [0.2, 0.25) is 0 Å². The zero-order valence-corrected chi connectivity index (χ0v) is 54.8. The molecule has 0 N–H and O–H groups in total. The number of rotatable bonds is 29. The van der Waals surface area contributed by atoms with Gasteiger partial charge in [0.15, 0.2) is 0 Å². The van der Waals surface area contributed by atoms with Gasteiger partial charge in [-0.05, 0) is 175 Å². The Balaban J connectivity index is 0.981. The van der Waals surface area contributed by atoms with E-state index in [2.05, 4.69) is 321 Å². The van der Waals surface area contributed by atoms with Crippen molar-refractivity contribution in [2.75, 3.05) is 25.2 Å². The zero-order valence-electron chi connectivity index (χ0n) is 54.8. The lowest BCUT2D eigenvalue weighted by atomic mass is 9.79. The molecule has 0 heterocycles. The van der Waals surface area contributed by atoms with Crippen LogP contribution in [-0.4, -0.2) is 20.3 Å². The zero-order chi connectivity index (χ0) is 62.9. The van der Waals surface area contributed by atoms with E-state index in [4.69, 9.17) is 14.2 Å². The monoisotopic (exact) mass is 1180 g/mol. The summed E-state index contributed by atoms with van der Waals surface area (Å²) in [5.74, 6) is 18.1. The molecule has 4 unspecified atom stereocenters. The van der Waals surface area contributed by atoms with Gasteiger partial charge in [-0.2, -0.15) is 0 Å². The molecule has 0 spiro atoms. The van der Waals surface area contributed by atoms with Crippen molar-refractivity contribution in [1.29, 1.82) is 0 Å². The number of nitrogens with zero attached hydrogens (tertiary/aromatic N) is 1. The number of allylic oxidation sites excluding steroid dienone is 2. The molecule has 8 aromatic rings. The normalized spacial score (nSPS) is 13.5. The third kappa shape index (κ3) is 19.6. The average Bonchev–Trinajstić information content (AvgIpc) is 2.90. The van der Waals surface area contributed by atoms with Crippen LogP contribution in [0.3, 0.4) is 0 Å². The minimum Gasteiger partial charge on any atom is -0.496 e. The van der Waals surface area contributed by atoms with E-state index < -0.39 is 0 Å². The molecule has 4 heteroatoms. The van der Waals surface area contributed by atoms with Crippen molar-refractivity contribution >= 4 is 41.4 Å². The van der Waals surface area contributed by atoms with Crippen LogP contribution in [0, 0.1) is 41.4 Å². The Morgan fingerprint density at radius 3 is 1.47 bits per heavy atom. The lowest BCUT2D eigenvalue weighted by Gasteiger charge is -2.26. The molecule has 4 atom stereocenters. The van der Waals surface area contributed by atoms with Crippen molar-refractivity contribution in [3.63, 3.8) is 0 Å². The number of ether oxygens (including phenoxy) is 3. The second-order valence-electron chi connectivity index (χ2n) is 24.9. The van der Waals surface area contributed by atoms with E-state index in [1.165, 1.54) is 55.2 Å². The summed E-state index contributed by atoms with van der Waals surface area (Å²) in [5, 5.41) is 0. The predicted molar refractivity (Wildman–Crippen MR) is 381 cm³/mol. The van der Waals surface area contributed by atoms with Gasteiger partial charge in [0, 0.05) is 61.3 Å². The Morgan fingerprint density at radius 1 is 0.461 bits per heavy atom. The van der Waals surface area contributed by atoms with Crippen LogP contribution in [0.2, 0.25) is 0 Å². The lowest BCUT2D eigenvalue weighted by molar-refractivity contribution is 0.233. The van der Waals surface area contributed by atoms with Gasteiger partial charge in [0.1, 0.15) is 17.2 Å². The highest BCUT2D eigenvalue weighted by Gasteiger charge is 2.23. The fraction of sp³-hybridized carbons (Fsp3) is 0.318. The molecule has 8 aromatic carbocycles. The molecule has 4 nitrogen and oxygen atoms in total. The van der Waals surface area contributed by atoms with Crippen molar-refractivity contribution < 1.29 is 14.2 Å². The second kappa shape index (κ2) is 33.6. The molecular formula is C85H95NO3. The average molecular weight is 1180 g/mol. The molecule has 8 rings (SSSR count). The van der Waals surface area contributed by atoms with Gasteiger partial charge in [-0.25, -0.2) is 0 Å². The molecule has 0 saturated carbocycles. The van der Waals surface area contributed by atoms with Crippen LogP contribution in [0.5, 0.6) is 17.2 Å². The Morgan fingerprint density at radius 2 is 0.944 bits per heavy atom. The largest absolute Gasteiger partial charge is 0.496 e. The van der Waals surface area contributed by atoms with Gasteiger partial charge in [-0.3, -0.25) is 0 Å². The Labute approximate surface area is 535 Å². The van der Waals surface area contributed by atoms with Gasteiger partial charge >= 0.3 is 0 Å². The highest BCUT2D eigenvalue weighted by atomic mass is 16.5. The first-order valence-corrected chi connectivity index (χ1v) is 32.8. The van der Waals surface area contributed by atoms with E-state index in [-0.39, 0.29) is 10.8 Å². The molecule has 89 heavy (non-hydrogen) atoms. The van der Waals surface area contributed by atoms with E-state index in [1.807, 2.05) is 0 Å². The summed E-state index contributed by atoms with van der Waals surface area (Å²) in [4.78, 5) is 2.28. The smallest absolute Gasteiger partial charge is 0.127 e. The maximum Gasteiger partial charge on any atom is 0.127 e. The number of hydrogen-bond acceptors (Lipinski definition) is 4. The van der Waals surface area contributed by atoms with Crippen LogP contribution in [0.15, 0.2) is 206 Å². The Hall–Kier alpha value is -8.70.